The van der Waals surface area contributed by atoms with E-state index < -0.39 is 15.7 Å². The summed E-state index contributed by atoms with van der Waals surface area (Å²) < 4.78 is 45.1. The predicted octanol–water partition coefficient (Wildman–Crippen LogP) is 2.67. The van der Waals surface area contributed by atoms with Crippen molar-refractivity contribution in [2.45, 2.75) is 31.4 Å². The Kier molecular flexibility index (Phi) is 6.51. The molecule has 0 saturated carbocycles. The van der Waals surface area contributed by atoms with Gasteiger partial charge in [0, 0.05) is 44.1 Å². The first-order valence-corrected chi connectivity index (χ1v) is 15.0. The molecule has 202 valence electrons. The van der Waals surface area contributed by atoms with Crippen LogP contribution in [-0.2, 0) is 21.2 Å². The van der Waals surface area contributed by atoms with Gasteiger partial charge >= 0.3 is 0 Å². The van der Waals surface area contributed by atoms with Crippen LogP contribution in [0.5, 0.6) is 5.75 Å². The topological polar surface area (TPSA) is 95.1 Å². The van der Waals surface area contributed by atoms with Gasteiger partial charge in [0.15, 0.2) is 21.4 Å². The molecular weight excluding hydrogens is 509 g/mol. The Bertz CT molecular complexity index is 1360. The summed E-state index contributed by atoms with van der Waals surface area (Å²) in [6.45, 7) is 7.82. The molecule has 0 spiro atoms. The molecule has 1 N–H and O–H groups in total. The van der Waals surface area contributed by atoms with Crippen molar-refractivity contribution < 1.29 is 22.3 Å². The average Bonchev–Trinajstić information content (AvgIpc) is 3.08. The highest BCUT2D eigenvalue weighted by Crippen LogP contribution is 2.41. The highest BCUT2D eigenvalue weighted by atomic mass is 32.2. The lowest BCUT2D eigenvalue weighted by Crippen LogP contribution is -2.61. The van der Waals surface area contributed by atoms with Crippen molar-refractivity contribution in [1.29, 1.82) is 0 Å². The third-order valence-corrected chi connectivity index (χ3v) is 9.87. The zero-order chi connectivity index (χ0) is 26.4. The fraction of sp³-hybridized carbons (Fsp3) is 0.481. The highest BCUT2D eigenvalue weighted by Gasteiger charge is 2.36. The minimum atomic E-state index is -3.01. The molecule has 0 atom stereocenters. The monoisotopic (exact) mass is 541 g/mol. The number of halogens is 1. The number of carbonyl (C=O) groups excluding carboxylic acids is 1. The molecule has 11 heteroatoms. The Labute approximate surface area is 222 Å². The molecule has 2 aromatic rings. The second kappa shape index (κ2) is 9.85. The fourth-order valence-electron chi connectivity index (χ4n) is 5.94. The maximum atomic E-state index is 15.3. The maximum Gasteiger partial charge on any atom is 0.246 e. The SMILES string of the molecule is C=CC(=O)N1CC(N2CCC(c3cc(F)c4c(c3)Nc3nccc(N5CCS(=O)(=O)CC5)c3CO4)CC2)C1. The molecule has 4 aliphatic heterocycles. The van der Waals surface area contributed by atoms with Crippen molar-refractivity contribution in [2.24, 2.45) is 0 Å². The lowest BCUT2D eigenvalue weighted by Gasteiger charge is -2.47. The van der Waals surface area contributed by atoms with Gasteiger partial charge in [0.05, 0.1) is 22.8 Å². The number of anilines is 3. The Morgan fingerprint density at radius 3 is 2.61 bits per heavy atom. The van der Waals surface area contributed by atoms with Crippen molar-refractivity contribution in [3.8, 4) is 5.75 Å². The minimum Gasteiger partial charge on any atom is -0.483 e. The lowest BCUT2D eigenvalue weighted by molar-refractivity contribution is -0.133. The average molecular weight is 542 g/mol. The standard InChI is InChI=1S/C27H32FN5O4S/c1-2-25(34)33-15-20(16-33)31-7-4-18(5-8-31)19-13-22(28)26-23(14-19)30-27-21(17-37-26)24(3-6-29-27)32-9-11-38(35,36)12-10-32/h2-3,6,13-14,18,20H,1,4-5,7-12,15-17H2,(H,29,30). The van der Waals surface area contributed by atoms with Crippen LogP contribution in [0, 0.1) is 5.82 Å². The van der Waals surface area contributed by atoms with Crippen LogP contribution in [0.25, 0.3) is 0 Å². The molecule has 38 heavy (non-hydrogen) atoms. The van der Waals surface area contributed by atoms with Crippen molar-refractivity contribution in [1.82, 2.24) is 14.8 Å². The van der Waals surface area contributed by atoms with E-state index in [0.29, 0.717) is 30.6 Å². The van der Waals surface area contributed by atoms with Gasteiger partial charge < -0.3 is 19.9 Å². The Morgan fingerprint density at radius 1 is 1.16 bits per heavy atom. The number of aromatic nitrogens is 1. The third kappa shape index (κ3) is 4.73. The van der Waals surface area contributed by atoms with Gasteiger partial charge in [-0.2, -0.15) is 0 Å². The summed E-state index contributed by atoms with van der Waals surface area (Å²) in [5, 5.41) is 3.31. The molecule has 3 saturated heterocycles. The van der Waals surface area contributed by atoms with E-state index in [1.807, 2.05) is 21.9 Å². The number of hydrogen-bond donors (Lipinski definition) is 1. The molecule has 1 amide bonds. The number of benzene rings is 1. The number of piperidine rings is 1. The van der Waals surface area contributed by atoms with Crippen LogP contribution in [0.4, 0.5) is 21.6 Å². The summed E-state index contributed by atoms with van der Waals surface area (Å²) in [6.07, 6.45) is 4.89. The molecule has 5 heterocycles. The van der Waals surface area contributed by atoms with Crippen molar-refractivity contribution in [3.63, 3.8) is 0 Å². The summed E-state index contributed by atoms with van der Waals surface area (Å²) in [5.74, 6) is 0.823. The van der Waals surface area contributed by atoms with Gasteiger partial charge in [-0.25, -0.2) is 17.8 Å². The van der Waals surface area contributed by atoms with E-state index in [1.165, 1.54) is 6.08 Å². The van der Waals surface area contributed by atoms with Crippen LogP contribution >= 0.6 is 0 Å². The first kappa shape index (κ1) is 25.1. The van der Waals surface area contributed by atoms with E-state index in [2.05, 4.69) is 21.8 Å². The second-order valence-corrected chi connectivity index (χ2v) is 12.8. The van der Waals surface area contributed by atoms with Crippen molar-refractivity contribution >= 4 is 32.9 Å². The van der Waals surface area contributed by atoms with Crippen LogP contribution in [0.15, 0.2) is 37.1 Å². The molecule has 1 aromatic carbocycles. The molecule has 0 radical (unpaired) electrons. The number of ether oxygens (including phenoxy) is 1. The molecule has 0 aliphatic carbocycles. The second-order valence-electron chi connectivity index (χ2n) is 10.5. The first-order chi connectivity index (χ1) is 18.3. The number of amides is 1. The number of nitrogens with zero attached hydrogens (tertiary/aromatic N) is 4. The van der Waals surface area contributed by atoms with Crippen LogP contribution in [0.3, 0.4) is 0 Å². The zero-order valence-corrected chi connectivity index (χ0v) is 22.1. The molecule has 0 bridgehead atoms. The molecule has 6 rings (SSSR count). The number of likely N-dealkylation sites (tertiary alicyclic amines) is 2. The first-order valence-electron chi connectivity index (χ1n) is 13.1. The Morgan fingerprint density at radius 2 is 1.89 bits per heavy atom. The van der Waals surface area contributed by atoms with Crippen molar-refractivity contribution in [2.75, 3.05) is 61.0 Å². The van der Waals surface area contributed by atoms with Gasteiger partial charge in [0.25, 0.3) is 0 Å². The quantitative estimate of drug-likeness (QED) is 0.591. The zero-order valence-electron chi connectivity index (χ0n) is 21.2. The smallest absolute Gasteiger partial charge is 0.246 e. The van der Waals surface area contributed by atoms with Crippen LogP contribution in [0.2, 0.25) is 0 Å². The van der Waals surface area contributed by atoms with Gasteiger partial charge in [0.1, 0.15) is 12.4 Å². The van der Waals surface area contributed by atoms with E-state index in [-0.39, 0.29) is 35.7 Å². The van der Waals surface area contributed by atoms with E-state index >= 15 is 4.39 Å². The summed E-state index contributed by atoms with van der Waals surface area (Å²) in [5.41, 5.74) is 3.16. The molecular formula is C27H32FN5O4S. The normalized spacial score (nSPS) is 21.8. The summed E-state index contributed by atoms with van der Waals surface area (Å²) in [4.78, 5) is 22.5. The molecule has 3 fully saturated rings. The lowest BCUT2D eigenvalue weighted by atomic mass is 9.87. The summed E-state index contributed by atoms with van der Waals surface area (Å²) in [6, 6.07) is 5.82. The number of rotatable bonds is 4. The predicted molar refractivity (Wildman–Crippen MR) is 143 cm³/mol. The molecule has 1 aromatic heterocycles. The van der Waals surface area contributed by atoms with Gasteiger partial charge in [-0.15, -0.1) is 0 Å². The number of carbonyl (C=O) groups is 1. The minimum absolute atomic E-state index is 0.0154. The highest BCUT2D eigenvalue weighted by molar-refractivity contribution is 7.91. The van der Waals surface area contributed by atoms with Crippen LogP contribution < -0.4 is 15.0 Å². The maximum absolute atomic E-state index is 15.3. The van der Waals surface area contributed by atoms with E-state index in [4.69, 9.17) is 4.74 Å². The number of pyridine rings is 1. The van der Waals surface area contributed by atoms with Gasteiger partial charge in [-0.1, -0.05) is 6.58 Å². The van der Waals surface area contributed by atoms with Crippen LogP contribution in [0.1, 0.15) is 29.9 Å². The van der Waals surface area contributed by atoms with Crippen molar-refractivity contribution in [3.05, 3.63) is 54.0 Å². The summed E-state index contributed by atoms with van der Waals surface area (Å²) >= 11 is 0. The number of hydrogen-bond acceptors (Lipinski definition) is 8. The Balaban J connectivity index is 1.16. The van der Waals surface area contributed by atoms with E-state index in [0.717, 1.165) is 55.8 Å². The molecule has 4 aliphatic rings. The van der Waals surface area contributed by atoms with E-state index in [9.17, 15) is 13.2 Å². The molecule has 9 nitrogen and oxygen atoms in total. The summed E-state index contributed by atoms with van der Waals surface area (Å²) in [7, 11) is -3.01. The van der Waals surface area contributed by atoms with Crippen LogP contribution in [-0.4, -0.2) is 85.9 Å². The largest absolute Gasteiger partial charge is 0.483 e. The fourth-order valence-corrected chi connectivity index (χ4v) is 7.14. The van der Waals surface area contributed by atoms with Gasteiger partial charge in [0.2, 0.25) is 5.91 Å². The third-order valence-electron chi connectivity index (χ3n) is 8.26. The van der Waals surface area contributed by atoms with E-state index in [1.54, 1.807) is 12.3 Å². The van der Waals surface area contributed by atoms with Gasteiger partial charge in [-0.3, -0.25) is 9.69 Å². The number of fused-ring (bicyclic) bond motifs is 2. The number of sulfone groups is 1. The Hall–Kier alpha value is -3.18. The van der Waals surface area contributed by atoms with Gasteiger partial charge in [-0.05, 0) is 61.7 Å². The number of nitrogens with one attached hydrogen (secondary N) is 1. The molecule has 0 unspecified atom stereocenters.